The number of benzene rings is 2. The average Bonchev–Trinajstić information content (AvgIpc) is 3.01. The van der Waals surface area contributed by atoms with Crippen LogP contribution in [-0.4, -0.2) is 23.2 Å². The topological polar surface area (TPSA) is 62.0 Å². The number of carbonyl (C=O) groups excluding carboxylic acids is 2. The number of rotatable bonds is 6. The maximum absolute atomic E-state index is 14.0. The van der Waals surface area contributed by atoms with Crippen LogP contribution in [0.2, 0.25) is 0 Å². The predicted molar refractivity (Wildman–Crippen MR) is 110 cm³/mol. The van der Waals surface area contributed by atoms with E-state index in [1.54, 1.807) is 36.4 Å². The predicted octanol–water partition coefficient (Wildman–Crippen LogP) is 4.50. The molecule has 1 heterocycles. The molecule has 28 heavy (non-hydrogen) atoms. The summed E-state index contributed by atoms with van der Waals surface area (Å²) in [6, 6.07) is 10.3. The Morgan fingerprint density at radius 2 is 1.82 bits per heavy atom. The van der Waals surface area contributed by atoms with Crippen LogP contribution < -0.4 is 5.32 Å². The lowest BCUT2D eigenvalue weighted by atomic mass is 10.0. The SMILES string of the molecule is CC(=O)c1ccc(C=CC(=O)NCCc2c(C)[nH]c3c(F)ccc(C)c23)cc1. The van der Waals surface area contributed by atoms with Gasteiger partial charge >= 0.3 is 0 Å². The van der Waals surface area contributed by atoms with Gasteiger partial charge in [-0.1, -0.05) is 30.3 Å². The van der Waals surface area contributed by atoms with Gasteiger partial charge in [0.1, 0.15) is 5.82 Å². The molecule has 0 atom stereocenters. The highest BCUT2D eigenvalue weighted by atomic mass is 19.1. The zero-order valence-electron chi connectivity index (χ0n) is 16.2. The number of halogens is 1. The molecule has 1 aromatic heterocycles. The Morgan fingerprint density at radius 3 is 2.50 bits per heavy atom. The maximum atomic E-state index is 14.0. The van der Waals surface area contributed by atoms with Gasteiger partial charge in [0.25, 0.3) is 0 Å². The molecule has 0 saturated heterocycles. The number of fused-ring (bicyclic) bond motifs is 1. The zero-order chi connectivity index (χ0) is 20.3. The lowest BCUT2D eigenvalue weighted by molar-refractivity contribution is -0.116. The van der Waals surface area contributed by atoms with Crippen LogP contribution in [0.3, 0.4) is 0 Å². The van der Waals surface area contributed by atoms with E-state index in [-0.39, 0.29) is 17.5 Å². The molecule has 0 fully saturated rings. The number of H-pyrrole nitrogens is 1. The third kappa shape index (κ3) is 4.19. The minimum Gasteiger partial charge on any atom is -0.356 e. The fourth-order valence-corrected chi connectivity index (χ4v) is 3.33. The van der Waals surface area contributed by atoms with Crippen molar-refractivity contribution in [1.29, 1.82) is 0 Å². The number of carbonyl (C=O) groups is 2. The Hall–Kier alpha value is -3.21. The van der Waals surface area contributed by atoms with Crippen LogP contribution in [0.15, 0.2) is 42.5 Å². The molecule has 0 radical (unpaired) electrons. The molecule has 3 aromatic rings. The smallest absolute Gasteiger partial charge is 0.244 e. The van der Waals surface area contributed by atoms with Crippen molar-refractivity contribution < 1.29 is 14.0 Å². The first-order valence-corrected chi connectivity index (χ1v) is 9.20. The van der Waals surface area contributed by atoms with Gasteiger partial charge in [0.15, 0.2) is 5.78 Å². The summed E-state index contributed by atoms with van der Waals surface area (Å²) in [6.45, 7) is 5.84. The average molecular weight is 378 g/mol. The summed E-state index contributed by atoms with van der Waals surface area (Å²) >= 11 is 0. The van der Waals surface area contributed by atoms with E-state index in [2.05, 4.69) is 10.3 Å². The molecule has 0 bridgehead atoms. The van der Waals surface area contributed by atoms with E-state index in [0.29, 0.717) is 24.0 Å². The zero-order valence-corrected chi connectivity index (χ0v) is 16.2. The summed E-state index contributed by atoms with van der Waals surface area (Å²) in [5.41, 5.74) is 4.96. The van der Waals surface area contributed by atoms with Crippen LogP contribution in [0.25, 0.3) is 17.0 Å². The van der Waals surface area contributed by atoms with Crippen molar-refractivity contribution in [1.82, 2.24) is 10.3 Å². The Bertz CT molecular complexity index is 1060. The largest absolute Gasteiger partial charge is 0.356 e. The Kier molecular flexibility index (Phi) is 5.73. The van der Waals surface area contributed by atoms with Crippen molar-refractivity contribution in [3.05, 3.63) is 76.2 Å². The summed E-state index contributed by atoms with van der Waals surface area (Å²) in [4.78, 5) is 26.5. The Labute approximate surface area is 163 Å². The first-order chi connectivity index (χ1) is 13.4. The van der Waals surface area contributed by atoms with E-state index >= 15 is 0 Å². The van der Waals surface area contributed by atoms with Crippen molar-refractivity contribution >= 4 is 28.7 Å². The summed E-state index contributed by atoms with van der Waals surface area (Å²) in [5, 5.41) is 3.76. The Morgan fingerprint density at radius 1 is 1.11 bits per heavy atom. The molecular formula is C23H23FN2O2. The fourth-order valence-electron chi connectivity index (χ4n) is 3.33. The lowest BCUT2D eigenvalue weighted by Gasteiger charge is -2.05. The molecule has 2 N–H and O–H groups in total. The van der Waals surface area contributed by atoms with Gasteiger partial charge in [-0.15, -0.1) is 0 Å². The molecule has 0 spiro atoms. The number of Topliss-reactive ketones (excluding diaryl/α,β-unsaturated/α-hetero) is 1. The lowest BCUT2D eigenvalue weighted by Crippen LogP contribution is -2.23. The van der Waals surface area contributed by atoms with E-state index < -0.39 is 0 Å². The van der Waals surface area contributed by atoms with E-state index in [4.69, 9.17) is 0 Å². The summed E-state index contributed by atoms with van der Waals surface area (Å²) < 4.78 is 14.0. The minimum atomic E-state index is -0.266. The molecule has 0 saturated carbocycles. The van der Waals surface area contributed by atoms with Gasteiger partial charge in [0, 0.05) is 29.3 Å². The van der Waals surface area contributed by atoms with Crippen molar-refractivity contribution in [2.45, 2.75) is 27.2 Å². The fraction of sp³-hybridized carbons (Fsp3) is 0.217. The molecule has 144 valence electrons. The van der Waals surface area contributed by atoms with Crippen LogP contribution in [0.1, 0.15) is 39.7 Å². The monoisotopic (exact) mass is 378 g/mol. The number of aromatic amines is 1. The molecule has 0 aliphatic rings. The van der Waals surface area contributed by atoms with E-state index in [1.807, 2.05) is 13.8 Å². The molecular weight excluding hydrogens is 355 g/mol. The highest BCUT2D eigenvalue weighted by Gasteiger charge is 2.13. The van der Waals surface area contributed by atoms with E-state index in [9.17, 15) is 14.0 Å². The first-order valence-electron chi connectivity index (χ1n) is 9.20. The standard InChI is InChI=1S/C23H23FN2O2/c1-14-4-10-20(24)23-22(14)19(15(2)26-23)12-13-25-21(28)11-7-17-5-8-18(9-6-17)16(3)27/h4-11,26H,12-13H2,1-3H3,(H,25,28). The quantitative estimate of drug-likeness (QED) is 0.490. The van der Waals surface area contributed by atoms with Crippen molar-refractivity contribution in [3.8, 4) is 0 Å². The summed E-state index contributed by atoms with van der Waals surface area (Å²) in [7, 11) is 0. The summed E-state index contributed by atoms with van der Waals surface area (Å²) in [6.07, 6.45) is 3.79. The van der Waals surface area contributed by atoms with E-state index in [1.165, 1.54) is 19.1 Å². The second-order valence-electron chi connectivity index (χ2n) is 6.90. The first kappa shape index (κ1) is 19.5. The number of nitrogens with one attached hydrogen (secondary N) is 2. The Balaban J connectivity index is 1.61. The van der Waals surface area contributed by atoms with Gasteiger partial charge in [-0.2, -0.15) is 0 Å². The van der Waals surface area contributed by atoms with Gasteiger partial charge in [0.2, 0.25) is 5.91 Å². The van der Waals surface area contributed by atoms with Gasteiger partial charge in [0.05, 0.1) is 5.52 Å². The number of aromatic nitrogens is 1. The van der Waals surface area contributed by atoms with Gasteiger partial charge in [-0.25, -0.2) is 4.39 Å². The van der Waals surface area contributed by atoms with E-state index in [0.717, 1.165) is 27.8 Å². The minimum absolute atomic E-state index is 0.0102. The molecule has 4 nitrogen and oxygen atoms in total. The molecule has 0 aliphatic heterocycles. The number of hydrogen-bond donors (Lipinski definition) is 2. The van der Waals surface area contributed by atoms with Crippen LogP contribution in [0, 0.1) is 19.7 Å². The maximum Gasteiger partial charge on any atom is 0.244 e. The second kappa shape index (κ2) is 8.21. The van der Waals surface area contributed by atoms with Crippen LogP contribution in [0.4, 0.5) is 4.39 Å². The third-order valence-corrected chi connectivity index (χ3v) is 4.85. The van der Waals surface area contributed by atoms with Gasteiger partial charge < -0.3 is 10.3 Å². The van der Waals surface area contributed by atoms with Crippen LogP contribution in [0.5, 0.6) is 0 Å². The number of ketones is 1. The second-order valence-corrected chi connectivity index (χ2v) is 6.90. The molecule has 3 rings (SSSR count). The van der Waals surface area contributed by atoms with Gasteiger partial charge in [-0.3, -0.25) is 9.59 Å². The molecule has 1 amide bonds. The molecule has 5 heteroatoms. The number of hydrogen-bond acceptors (Lipinski definition) is 2. The highest BCUT2D eigenvalue weighted by molar-refractivity contribution is 5.95. The van der Waals surface area contributed by atoms with Crippen LogP contribution >= 0.6 is 0 Å². The van der Waals surface area contributed by atoms with Crippen molar-refractivity contribution in [2.24, 2.45) is 0 Å². The molecule has 0 aliphatic carbocycles. The van der Waals surface area contributed by atoms with Crippen molar-refractivity contribution in [3.63, 3.8) is 0 Å². The normalized spacial score (nSPS) is 11.3. The highest BCUT2D eigenvalue weighted by Crippen LogP contribution is 2.27. The van der Waals surface area contributed by atoms with Crippen molar-refractivity contribution in [2.75, 3.05) is 6.54 Å². The summed E-state index contributed by atoms with van der Waals surface area (Å²) in [5.74, 6) is -0.454. The molecule has 2 aromatic carbocycles. The number of aryl methyl sites for hydroxylation is 2. The third-order valence-electron chi connectivity index (χ3n) is 4.85. The van der Waals surface area contributed by atoms with Crippen LogP contribution in [-0.2, 0) is 11.2 Å². The number of amides is 1. The molecule has 0 unspecified atom stereocenters. The van der Waals surface area contributed by atoms with Gasteiger partial charge in [-0.05, 0) is 56.0 Å².